The number of carbonyl (C=O) groups is 2. The smallest absolute Gasteiger partial charge is 0.341 e. The average Bonchev–Trinajstić information content (AvgIpc) is 2.72. The number of nitrogens with zero attached hydrogens (tertiary/aromatic N) is 2. The average molecular weight is 405 g/mol. The van der Waals surface area contributed by atoms with Crippen LogP contribution in [0.3, 0.4) is 0 Å². The first-order valence-corrected chi connectivity index (χ1v) is 9.89. The van der Waals surface area contributed by atoms with E-state index in [4.69, 9.17) is 4.74 Å². The molecule has 29 heavy (non-hydrogen) atoms. The van der Waals surface area contributed by atoms with E-state index in [-0.39, 0.29) is 23.6 Å². The summed E-state index contributed by atoms with van der Waals surface area (Å²) in [4.78, 5) is 39.3. The van der Waals surface area contributed by atoms with Crippen LogP contribution in [0.25, 0.3) is 0 Å². The molecule has 1 aliphatic carbocycles. The van der Waals surface area contributed by atoms with Crippen molar-refractivity contribution >= 4 is 23.4 Å². The number of benzene rings is 1. The Hall–Kier alpha value is -2.84. The summed E-state index contributed by atoms with van der Waals surface area (Å²) in [6, 6.07) is 1.21. The Morgan fingerprint density at radius 3 is 2.72 bits per heavy atom. The highest BCUT2D eigenvalue weighted by molar-refractivity contribution is 6.09. The number of amides is 2. The standard InChI is InChI=1S/C20H24FN3O5/c1-2-16-17(19(25)29-11-12-6-4-3-5-7-12)18(23-20(26)22-16)14-10-13(24(27)28)8-9-15(14)21/h8-10,12,17-18H,2-7,11H2,1H3,(H,23,26). The van der Waals surface area contributed by atoms with Crippen LogP contribution >= 0.6 is 0 Å². The minimum absolute atomic E-state index is 0.131. The largest absolute Gasteiger partial charge is 0.465 e. The van der Waals surface area contributed by atoms with Crippen LogP contribution in [0.2, 0.25) is 0 Å². The van der Waals surface area contributed by atoms with Gasteiger partial charge in [-0.15, -0.1) is 0 Å². The van der Waals surface area contributed by atoms with Gasteiger partial charge in [-0.2, -0.15) is 0 Å². The van der Waals surface area contributed by atoms with Crippen molar-refractivity contribution in [3.63, 3.8) is 0 Å². The van der Waals surface area contributed by atoms with E-state index in [0.29, 0.717) is 12.3 Å². The summed E-state index contributed by atoms with van der Waals surface area (Å²) in [6.45, 7) is 2.00. The number of hydrogen-bond acceptors (Lipinski definition) is 5. The predicted molar refractivity (Wildman–Crippen MR) is 103 cm³/mol. The van der Waals surface area contributed by atoms with Crippen LogP contribution in [0.4, 0.5) is 14.9 Å². The van der Waals surface area contributed by atoms with Gasteiger partial charge in [0.25, 0.3) is 5.69 Å². The van der Waals surface area contributed by atoms with Gasteiger partial charge in [0.15, 0.2) is 0 Å². The number of rotatable bonds is 6. The number of non-ortho nitro benzene ring substituents is 1. The van der Waals surface area contributed by atoms with Crippen molar-refractivity contribution in [3.8, 4) is 0 Å². The third-order valence-electron chi connectivity index (χ3n) is 5.54. The Balaban J connectivity index is 1.88. The Morgan fingerprint density at radius 2 is 2.07 bits per heavy atom. The molecule has 1 saturated carbocycles. The molecular formula is C20H24FN3O5. The number of halogens is 1. The summed E-state index contributed by atoms with van der Waals surface area (Å²) in [5.41, 5.74) is -0.183. The number of nitro groups is 1. The molecule has 0 spiro atoms. The lowest BCUT2D eigenvalue weighted by Gasteiger charge is -2.31. The third kappa shape index (κ3) is 4.78. The first-order valence-electron chi connectivity index (χ1n) is 9.89. The number of aliphatic imine (C=N–C) groups is 1. The van der Waals surface area contributed by atoms with Gasteiger partial charge in [0.1, 0.15) is 11.7 Å². The van der Waals surface area contributed by atoms with Crippen LogP contribution in [0, 0.1) is 27.8 Å². The SMILES string of the molecule is CCC1=NC(=O)NC(c2cc([N+](=O)[O-])ccc2F)C1C(=O)OCC1CCCCC1. The molecule has 1 fully saturated rings. The minimum atomic E-state index is -1.12. The zero-order valence-electron chi connectivity index (χ0n) is 16.2. The number of hydrogen-bond donors (Lipinski definition) is 1. The minimum Gasteiger partial charge on any atom is -0.465 e. The summed E-state index contributed by atoms with van der Waals surface area (Å²) < 4.78 is 20.1. The van der Waals surface area contributed by atoms with Crippen molar-refractivity contribution in [1.82, 2.24) is 5.32 Å². The van der Waals surface area contributed by atoms with E-state index < -0.39 is 34.7 Å². The van der Waals surface area contributed by atoms with Gasteiger partial charge in [-0.1, -0.05) is 26.2 Å². The van der Waals surface area contributed by atoms with E-state index in [0.717, 1.165) is 43.9 Å². The van der Waals surface area contributed by atoms with Gasteiger partial charge in [0, 0.05) is 23.4 Å². The van der Waals surface area contributed by atoms with Crippen LogP contribution < -0.4 is 5.32 Å². The van der Waals surface area contributed by atoms with Crippen molar-refractivity contribution in [3.05, 3.63) is 39.7 Å². The topological polar surface area (TPSA) is 111 Å². The summed E-state index contributed by atoms with van der Waals surface area (Å²) in [7, 11) is 0. The molecule has 8 nitrogen and oxygen atoms in total. The number of nitro benzene ring substituents is 1. The Morgan fingerprint density at radius 1 is 1.34 bits per heavy atom. The molecule has 1 aromatic carbocycles. The fraction of sp³-hybridized carbons (Fsp3) is 0.550. The fourth-order valence-corrected chi connectivity index (χ4v) is 4.00. The molecule has 1 N–H and O–H groups in total. The van der Waals surface area contributed by atoms with Gasteiger partial charge < -0.3 is 10.1 Å². The molecule has 0 aromatic heterocycles. The number of nitrogens with one attached hydrogen (secondary N) is 1. The Labute approximate surface area is 167 Å². The second-order valence-electron chi connectivity index (χ2n) is 7.46. The lowest BCUT2D eigenvalue weighted by atomic mass is 9.86. The summed E-state index contributed by atoms with van der Waals surface area (Å²) in [5.74, 6) is -2.09. The Kier molecular flexibility index (Phi) is 6.56. The van der Waals surface area contributed by atoms with Crippen LogP contribution in [0.15, 0.2) is 23.2 Å². The second-order valence-corrected chi connectivity index (χ2v) is 7.46. The van der Waals surface area contributed by atoms with Crippen molar-refractivity contribution in [2.45, 2.75) is 51.5 Å². The predicted octanol–water partition coefficient (Wildman–Crippen LogP) is 4.09. The highest BCUT2D eigenvalue weighted by atomic mass is 19.1. The highest BCUT2D eigenvalue weighted by Gasteiger charge is 2.41. The van der Waals surface area contributed by atoms with Crippen molar-refractivity contribution in [2.75, 3.05) is 6.61 Å². The summed E-state index contributed by atoms with van der Waals surface area (Å²) >= 11 is 0. The van der Waals surface area contributed by atoms with Crippen molar-refractivity contribution < 1.29 is 23.6 Å². The second kappa shape index (κ2) is 9.11. The van der Waals surface area contributed by atoms with E-state index in [1.807, 2.05) is 0 Å². The highest BCUT2D eigenvalue weighted by Crippen LogP contribution is 2.33. The van der Waals surface area contributed by atoms with E-state index in [9.17, 15) is 24.1 Å². The number of ether oxygens (including phenoxy) is 1. The third-order valence-corrected chi connectivity index (χ3v) is 5.54. The molecule has 1 aromatic rings. The first-order chi connectivity index (χ1) is 13.9. The molecule has 2 unspecified atom stereocenters. The number of carbonyl (C=O) groups excluding carboxylic acids is 2. The van der Waals surface area contributed by atoms with Crippen molar-refractivity contribution in [1.29, 1.82) is 0 Å². The van der Waals surface area contributed by atoms with Gasteiger partial charge in [0.05, 0.1) is 17.6 Å². The molecule has 1 aliphatic heterocycles. The molecule has 156 valence electrons. The van der Waals surface area contributed by atoms with Crippen molar-refractivity contribution in [2.24, 2.45) is 16.8 Å². The van der Waals surface area contributed by atoms with E-state index >= 15 is 0 Å². The molecule has 3 rings (SSSR count). The zero-order valence-corrected chi connectivity index (χ0v) is 16.2. The molecular weight excluding hydrogens is 381 g/mol. The van der Waals surface area contributed by atoms with Gasteiger partial charge in [-0.25, -0.2) is 14.2 Å². The lowest BCUT2D eigenvalue weighted by Crippen LogP contribution is -2.45. The molecule has 2 amide bonds. The van der Waals surface area contributed by atoms with E-state index in [2.05, 4.69) is 10.3 Å². The van der Waals surface area contributed by atoms with E-state index in [1.54, 1.807) is 6.92 Å². The van der Waals surface area contributed by atoms with Gasteiger partial charge >= 0.3 is 12.0 Å². The molecule has 9 heteroatoms. The van der Waals surface area contributed by atoms with Crippen LogP contribution in [-0.4, -0.2) is 29.2 Å². The van der Waals surface area contributed by atoms with Gasteiger partial charge in [-0.3, -0.25) is 14.9 Å². The molecule has 0 radical (unpaired) electrons. The molecule has 0 saturated heterocycles. The monoisotopic (exact) mass is 405 g/mol. The molecule has 1 heterocycles. The maximum absolute atomic E-state index is 14.5. The quantitative estimate of drug-likeness (QED) is 0.435. The van der Waals surface area contributed by atoms with Gasteiger partial charge in [-0.05, 0) is 31.2 Å². The van der Waals surface area contributed by atoms with Crippen LogP contribution in [0.5, 0.6) is 0 Å². The van der Waals surface area contributed by atoms with Crippen LogP contribution in [0.1, 0.15) is 57.1 Å². The number of urea groups is 1. The summed E-state index contributed by atoms with van der Waals surface area (Å²) in [6.07, 6.45) is 5.66. The summed E-state index contributed by atoms with van der Waals surface area (Å²) in [5, 5.41) is 13.6. The fourth-order valence-electron chi connectivity index (χ4n) is 4.00. The molecule has 0 bridgehead atoms. The zero-order chi connectivity index (χ0) is 21.0. The van der Waals surface area contributed by atoms with Gasteiger partial charge in [0.2, 0.25) is 0 Å². The van der Waals surface area contributed by atoms with Crippen LogP contribution in [-0.2, 0) is 9.53 Å². The number of esters is 1. The maximum atomic E-state index is 14.5. The molecule has 2 atom stereocenters. The normalized spacial score (nSPS) is 22.6. The first kappa shape index (κ1) is 20.9. The molecule has 2 aliphatic rings. The van der Waals surface area contributed by atoms with E-state index in [1.165, 1.54) is 6.42 Å². The Bertz CT molecular complexity index is 835. The lowest BCUT2D eigenvalue weighted by molar-refractivity contribution is -0.385. The maximum Gasteiger partial charge on any atom is 0.341 e.